The minimum atomic E-state index is -0.212. The van der Waals surface area contributed by atoms with Gasteiger partial charge in [-0.05, 0) is 36.6 Å². The molecule has 0 radical (unpaired) electrons. The summed E-state index contributed by atoms with van der Waals surface area (Å²) in [5.74, 6) is 0.919. The smallest absolute Gasteiger partial charge is 0.319 e. The standard InChI is InChI=1S/C22H30N4O2/c1-2-3-4-6-18-8-10-20(11-9-18)25-22(27)24-17-19-7-5-12-23-21(19)26-13-15-28-16-14-26/h5,7-12H,2-4,6,13-17H2,1H3,(H2,24,25,27). The van der Waals surface area contributed by atoms with Gasteiger partial charge in [0.05, 0.1) is 13.2 Å². The Balaban J connectivity index is 1.50. The van der Waals surface area contributed by atoms with Gasteiger partial charge in [0.25, 0.3) is 0 Å². The predicted molar refractivity (Wildman–Crippen MR) is 113 cm³/mol. The molecule has 0 atom stereocenters. The summed E-state index contributed by atoms with van der Waals surface area (Å²) in [7, 11) is 0. The number of ether oxygens (including phenoxy) is 1. The number of hydrogen-bond donors (Lipinski definition) is 2. The van der Waals surface area contributed by atoms with Gasteiger partial charge in [-0.1, -0.05) is 38.0 Å². The zero-order chi connectivity index (χ0) is 19.6. The molecule has 0 saturated carbocycles. The number of benzene rings is 1. The SMILES string of the molecule is CCCCCc1ccc(NC(=O)NCc2cccnc2N2CCOCC2)cc1. The number of carbonyl (C=O) groups is 1. The van der Waals surface area contributed by atoms with Crippen LogP contribution in [0.1, 0.15) is 37.3 Å². The van der Waals surface area contributed by atoms with E-state index in [0.29, 0.717) is 19.8 Å². The van der Waals surface area contributed by atoms with Crippen LogP contribution in [0.2, 0.25) is 0 Å². The summed E-state index contributed by atoms with van der Waals surface area (Å²) in [6, 6.07) is 11.8. The largest absolute Gasteiger partial charge is 0.378 e. The summed E-state index contributed by atoms with van der Waals surface area (Å²) in [5.41, 5.74) is 3.12. The topological polar surface area (TPSA) is 66.5 Å². The van der Waals surface area contributed by atoms with Gasteiger partial charge in [-0.15, -0.1) is 0 Å². The molecule has 0 bridgehead atoms. The summed E-state index contributed by atoms with van der Waals surface area (Å²) in [4.78, 5) is 19.0. The molecule has 2 heterocycles. The highest BCUT2D eigenvalue weighted by Crippen LogP contribution is 2.18. The zero-order valence-electron chi connectivity index (χ0n) is 16.6. The Morgan fingerprint density at radius 2 is 1.93 bits per heavy atom. The molecule has 1 aliphatic rings. The Kier molecular flexibility index (Phi) is 7.67. The van der Waals surface area contributed by atoms with Crippen molar-refractivity contribution in [3.8, 4) is 0 Å². The van der Waals surface area contributed by atoms with Crippen LogP contribution in [0.25, 0.3) is 0 Å². The second kappa shape index (κ2) is 10.7. The molecule has 1 fully saturated rings. The van der Waals surface area contributed by atoms with E-state index in [4.69, 9.17) is 4.74 Å². The molecule has 6 nitrogen and oxygen atoms in total. The molecule has 0 spiro atoms. The van der Waals surface area contributed by atoms with Crippen LogP contribution in [0.3, 0.4) is 0 Å². The third kappa shape index (κ3) is 5.96. The van der Waals surface area contributed by atoms with Crippen LogP contribution in [0.4, 0.5) is 16.3 Å². The molecule has 3 rings (SSSR count). The molecular formula is C22H30N4O2. The maximum atomic E-state index is 12.3. The van der Waals surface area contributed by atoms with E-state index in [1.54, 1.807) is 6.20 Å². The number of rotatable bonds is 8. The van der Waals surface area contributed by atoms with E-state index >= 15 is 0 Å². The predicted octanol–water partition coefficient (Wildman–Crippen LogP) is 3.97. The average molecular weight is 383 g/mol. The van der Waals surface area contributed by atoms with Crippen LogP contribution >= 0.6 is 0 Å². The average Bonchev–Trinajstić information content (AvgIpc) is 2.74. The van der Waals surface area contributed by atoms with Gasteiger partial charge in [-0.3, -0.25) is 0 Å². The summed E-state index contributed by atoms with van der Waals surface area (Å²) in [5, 5.41) is 5.84. The van der Waals surface area contributed by atoms with Crippen molar-refractivity contribution < 1.29 is 9.53 Å². The van der Waals surface area contributed by atoms with Gasteiger partial charge in [-0.2, -0.15) is 0 Å². The van der Waals surface area contributed by atoms with Crippen molar-refractivity contribution in [2.75, 3.05) is 36.5 Å². The van der Waals surface area contributed by atoms with Crippen molar-refractivity contribution in [1.82, 2.24) is 10.3 Å². The minimum Gasteiger partial charge on any atom is -0.378 e. The Hall–Kier alpha value is -2.60. The first-order valence-corrected chi connectivity index (χ1v) is 10.2. The third-order valence-electron chi connectivity index (χ3n) is 4.90. The lowest BCUT2D eigenvalue weighted by Crippen LogP contribution is -2.38. The van der Waals surface area contributed by atoms with Gasteiger partial charge in [0.2, 0.25) is 0 Å². The van der Waals surface area contributed by atoms with E-state index in [-0.39, 0.29) is 6.03 Å². The second-order valence-electron chi connectivity index (χ2n) is 7.05. The Morgan fingerprint density at radius 3 is 2.68 bits per heavy atom. The summed E-state index contributed by atoms with van der Waals surface area (Å²) >= 11 is 0. The summed E-state index contributed by atoms with van der Waals surface area (Å²) in [6.07, 6.45) is 6.57. The first-order valence-electron chi connectivity index (χ1n) is 10.2. The molecule has 2 amide bonds. The number of aryl methyl sites for hydroxylation is 1. The lowest BCUT2D eigenvalue weighted by atomic mass is 10.1. The summed E-state index contributed by atoms with van der Waals surface area (Å²) < 4.78 is 5.41. The number of pyridine rings is 1. The maximum absolute atomic E-state index is 12.3. The number of aromatic nitrogens is 1. The number of unbranched alkanes of at least 4 members (excludes halogenated alkanes) is 2. The molecule has 1 aliphatic heterocycles. The van der Waals surface area contributed by atoms with Gasteiger partial charge >= 0.3 is 6.03 Å². The van der Waals surface area contributed by atoms with Crippen molar-refractivity contribution in [2.24, 2.45) is 0 Å². The summed E-state index contributed by atoms with van der Waals surface area (Å²) in [6.45, 7) is 5.70. The van der Waals surface area contributed by atoms with Gasteiger partial charge in [0.15, 0.2) is 0 Å². The highest BCUT2D eigenvalue weighted by molar-refractivity contribution is 5.89. The molecule has 0 aliphatic carbocycles. The molecule has 1 saturated heterocycles. The van der Waals surface area contributed by atoms with Crippen LogP contribution in [0, 0.1) is 0 Å². The van der Waals surface area contributed by atoms with Crippen LogP contribution < -0.4 is 15.5 Å². The Morgan fingerprint density at radius 1 is 1.14 bits per heavy atom. The van der Waals surface area contributed by atoms with Crippen LogP contribution in [-0.2, 0) is 17.7 Å². The molecule has 150 valence electrons. The van der Waals surface area contributed by atoms with Crippen molar-refractivity contribution in [3.05, 3.63) is 53.7 Å². The fourth-order valence-electron chi connectivity index (χ4n) is 3.31. The van der Waals surface area contributed by atoms with Crippen LogP contribution in [0.15, 0.2) is 42.6 Å². The van der Waals surface area contributed by atoms with E-state index in [1.165, 1.54) is 24.8 Å². The first-order chi connectivity index (χ1) is 13.8. The lowest BCUT2D eigenvalue weighted by molar-refractivity contribution is 0.122. The number of carbonyl (C=O) groups excluding carboxylic acids is 1. The van der Waals surface area contributed by atoms with Gasteiger partial charge in [-0.25, -0.2) is 9.78 Å². The second-order valence-corrected chi connectivity index (χ2v) is 7.05. The van der Waals surface area contributed by atoms with Crippen LogP contribution in [0.5, 0.6) is 0 Å². The maximum Gasteiger partial charge on any atom is 0.319 e. The van der Waals surface area contributed by atoms with E-state index in [2.05, 4.69) is 39.6 Å². The highest BCUT2D eigenvalue weighted by atomic mass is 16.5. The number of amides is 2. The number of anilines is 2. The van der Waals surface area contributed by atoms with Gasteiger partial charge in [0.1, 0.15) is 5.82 Å². The molecule has 1 aromatic heterocycles. The normalized spacial score (nSPS) is 14.0. The van der Waals surface area contributed by atoms with Crippen molar-refractivity contribution >= 4 is 17.5 Å². The number of nitrogens with zero attached hydrogens (tertiary/aromatic N) is 2. The van der Waals surface area contributed by atoms with Crippen molar-refractivity contribution in [1.29, 1.82) is 0 Å². The molecule has 2 aromatic rings. The molecule has 0 unspecified atom stereocenters. The number of urea groups is 1. The van der Waals surface area contributed by atoms with E-state index < -0.39 is 0 Å². The number of morpholine rings is 1. The van der Waals surface area contributed by atoms with E-state index in [0.717, 1.165) is 36.6 Å². The number of nitrogens with one attached hydrogen (secondary N) is 2. The van der Waals surface area contributed by atoms with Crippen LogP contribution in [-0.4, -0.2) is 37.3 Å². The zero-order valence-corrected chi connectivity index (χ0v) is 16.6. The molecule has 1 aromatic carbocycles. The molecule has 2 N–H and O–H groups in total. The monoisotopic (exact) mass is 382 g/mol. The van der Waals surface area contributed by atoms with Crippen molar-refractivity contribution in [3.63, 3.8) is 0 Å². The molecule has 28 heavy (non-hydrogen) atoms. The Bertz CT molecular complexity index is 742. The number of hydrogen-bond acceptors (Lipinski definition) is 4. The lowest BCUT2D eigenvalue weighted by Gasteiger charge is -2.29. The van der Waals surface area contributed by atoms with Gasteiger partial charge in [0, 0.05) is 37.1 Å². The molecular weight excluding hydrogens is 352 g/mol. The minimum absolute atomic E-state index is 0.212. The van der Waals surface area contributed by atoms with E-state index in [9.17, 15) is 4.79 Å². The van der Waals surface area contributed by atoms with E-state index in [1.807, 2.05) is 24.3 Å². The Labute approximate surface area is 167 Å². The highest BCUT2D eigenvalue weighted by Gasteiger charge is 2.16. The molecule has 6 heteroatoms. The van der Waals surface area contributed by atoms with Gasteiger partial charge < -0.3 is 20.3 Å². The van der Waals surface area contributed by atoms with Crippen molar-refractivity contribution in [2.45, 2.75) is 39.2 Å². The fourth-order valence-corrected chi connectivity index (χ4v) is 3.31. The fraction of sp³-hybridized carbons (Fsp3) is 0.455. The third-order valence-corrected chi connectivity index (χ3v) is 4.90. The quantitative estimate of drug-likeness (QED) is 0.678. The first kappa shape index (κ1) is 20.1.